The van der Waals surface area contributed by atoms with Crippen LogP contribution >= 0.6 is 0 Å². The smallest absolute Gasteiger partial charge is 0.119 e. The molecular weight excluding hydrogens is 490 g/mol. The van der Waals surface area contributed by atoms with E-state index in [4.69, 9.17) is 14.2 Å². The third kappa shape index (κ3) is 10.4. The van der Waals surface area contributed by atoms with E-state index in [1.165, 1.54) is 0 Å². The van der Waals surface area contributed by atoms with Crippen molar-refractivity contribution in [2.75, 3.05) is 32.8 Å². The van der Waals surface area contributed by atoms with E-state index in [-0.39, 0.29) is 13.2 Å². The molecule has 2 N–H and O–H groups in total. The number of benzene rings is 4. The van der Waals surface area contributed by atoms with Crippen LogP contribution in [0.2, 0.25) is 0 Å². The summed E-state index contributed by atoms with van der Waals surface area (Å²) in [5.74, 6) is 2.25. The third-order valence-corrected chi connectivity index (χ3v) is 6.20. The first-order chi connectivity index (χ1) is 19.1. The number of aliphatic hydroxyl groups is 2. The zero-order valence-electron chi connectivity index (χ0n) is 22.1. The highest BCUT2D eigenvalue weighted by atomic mass is 16.5. The molecule has 0 fully saturated rings. The van der Waals surface area contributed by atoms with Crippen LogP contribution in [0.3, 0.4) is 0 Å². The van der Waals surface area contributed by atoms with Gasteiger partial charge in [-0.05, 0) is 53.9 Å². The summed E-state index contributed by atoms with van der Waals surface area (Å²) in [6.45, 7) is 2.27. The van der Waals surface area contributed by atoms with E-state index in [9.17, 15) is 10.2 Å². The number of para-hydroxylation sites is 2. The first kappa shape index (κ1) is 28.2. The van der Waals surface area contributed by atoms with Gasteiger partial charge < -0.3 is 24.4 Å². The van der Waals surface area contributed by atoms with Crippen molar-refractivity contribution in [3.63, 3.8) is 0 Å². The maximum Gasteiger partial charge on any atom is 0.119 e. The highest BCUT2D eigenvalue weighted by Crippen LogP contribution is 2.16. The monoisotopic (exact) mass is 527 g/mol. The predicted molar refractivity (Wildman–Crippen MR) is 153 cm³/mol. The fourth-order valence-corrected chi connectivity index (χ4v) is 4.16. The molecule has 0 amide bonds. The molecule has 4 aromatic rings. The van der Waals surface area contributed by atoms with Gasteiger partial charge in [0.05, 0.1) is 0 Å². The number of hydrogen-bond donors (Lipinski definition) is 2. The Balaban J connectivity index is 1.29. The fraction of sp³-hybridized carbons (Fsp3) is 0.273. The molecular formula is C33H37NO5. The summed E-state index contributed by atoms with van der Waals surface area (Å²) in [4.78, 5) is 2.05. The van der Waals surface area contributed by atoms with Crippen LogP contribution in [0.15, 0.2) is 115 Å². The minimum absolute atomic E-state index is 0.171. The SMILES string of the molecule is O[C@H](COc1ccccc1)CN(CCc1ccc(OCc2ccccc2)cc1)C[C@H](O)COc1ccccc1. The molecule has 39 heavy (non-hydrogen) atoms. The minimum atomic E-state index is -0.707. The van der Waals surface area contributed by atoms with Gasteiger partial charge in [0, 0.05) is 19.6 Å². The lowest BCUT2D eigenvalue weighted by molar-refractivity contribution is 0.0318. The molecule has 0 saturated carbocycles. The van der Waals surface area contributed by atoms with E-state index in [2.05, 4.69) is 17.0 Å². The van der Waals surface area contributed by atoms with Crippen molar-refractivity contribution >= 4 is 0 Å². The Morgan fingerprint density at radius 1 is 0.513 bits per heavy atom. The predicted octanol–water partition coefficient (Wildman–Crippen LogP) is 4.99. The second-order valence-electron chi connectivity index (χ2n) is 9.48. The van der Waals surface area contributed by atoms with E-state index in [1.54, 1.807) is 0 Å². The molecule has 2 atom stereocenters. The van der Waals surface area contributed by atoms with Crippen LogP contribution in [0.25, 0.3) is 0 Å². The standard InChI is InChI=1S/C33H37NO5/c35-29(25-38-31-12-6-2-7-13-31)22-34(23-30(36)26-39-32-14-8-3-9-15-32)21-20-27-16-18-33(19-17-27)37-24-28-10-4-1-5-11-28/h1-19,29-30,35-36H,20-26H2/t29-,30-/m0/s1. The summed E-state index contributed by atoms with van der Waals surface area (Å²) in [5.41, 5.74) is 2.28. The van der Waals surface area contributed by atoms with Crippen LogP contribution < -0.4 is 14.2 Å². The Bertz CT molecular complexity index is 1140. The van der Waals surface area contributed by atoms with E-state index >= 15 is 0 Å². The van der Waals surface area contributed by atoms with E-state index in [0.29, 0.717) is 37.7 Å². The second-order valence-corrected chi connectivity index (χ2v) is 9.48. The molecule has 4 aromatic carbocycles. The van der Waals surface area contributed by atoms with Crippen molar-refractivity contribution in [1.29, 1.82) is 0 Å². The van der Waals surface area contributed by atoms with Crippen LogP contribution in [0.5, 0.6) is 17.2 Å². The summed E-state index contributed by atoms with van der Waals surface area (Å²) < 4.78 is 17.4. The topological polar surface area (TPSA) is 71.4 Å². The van der Waals surface area contributed by atoms with Crippen molar-refractivity contribution in [3.05, 3.63) is 126 Å². The summed E-state index contributed by atoms with van der Waals surface area (Å²) in [7, 11) is 0. The molecule has 6 nitrogen and oxygen atoms in total. The zero-order valence-corrected chi connectivity index (χ0v) is 22.1. The van der Waals surface area contributed by atoms with Crippen LogP contribution in [0.1, 0.15) is 11.1 Å². The maximum absolute atomic E-state index is 10.7. The average molecular weight is 528 g/mol. The number of aliphatic hydroxyl groups excluding tert-OH is 2. The van der Waals surface area contributed by atoms with E-state index < -0.39 is 12.2 Å². The normalized spacial score (nSPS) is 12.6. The summed E-state index contributed by atoms with van der Waals surface area (Å²) >= 11 is 0. The van der Waals surface area contributed by atoms with Gasteiger partial charge in [0.1, 0.15) is 49.3 Å². The zero-order chi connectivity index (χ0) is 27.1. The van der Waals surface area contributed by atoms with Gasteiger partial charge in [-0.15, -0.1) is 0 Å². The fourth-order valence-electron chi connectivity index (χ4n) is 4.16. The van der Waals surface area contributed by atoms with Gasteiger partial charge in [0.2, 0.25) is 0 Å². The van der Waals surface area contributed by atoms with Crippen molar-refractivity contribution < 1.29 is 24.4 Å². The summed E-state index contributed by atoms with van der Waals surface area (Å²) in [6.07, 6.45) is -0.653. The second kappa shape index (κ2) is 15.5. The molecule has 0 aliphatic carbocycles. The number of ether oxygens (including phenoxy) is 3. The Labute approximate surface area is 231 Å². The van der Waals surface area contributed by atoms with Crippen LogP contribution in [-0.4, -0.2) is 60.2 Å². The number of nitrogens with zero attached hydrogens (tertiary/aromatic N) is 1. The number of rotatable bonds is 16. The summed E-state index contributed by atoms with van der Waals surface area (Å²) in [6, 6.07) is 37.1. The molecule has 6 heteroatoms. The molecule has 0 aliphatic rings. The lowest BCUT2D eigenvalue weighted by Gasteiger charge is -2.27. The molecule has 0 heterocycles. The Hall–Kier alpha value is -3.84. The Morgan fingerprint density at radius 3 is 1.49 bits per heavy atom. The highest BCUT2D eigenvalue weighted by Gasteiger charge is 2.17. The van der Waals surface area contributed by atoms with Crippen molar-refractivity contribution in [3.8, 4) is 17.2 Å². The highest BCUT2D eigenvalue weighted by molar-refractivity contribution is 5.28. The molecule has 0 bridgehead atoms. The molecule has 4 rings (SSSR count). The molecule has 204 valence electrons. The third-order valence-electron chi connectivity index (χ3n) is 6.20. The Kier molecular flexibility index (Phi) is 11.2. The van der Waals surface area contributed by atoms with Gasteiger partial charge in [0.15, 0.2) is 0 Å². The summed E-state index contributed by atoms with van der Waals surface area (Å²) in [5, 5.41) is 21.4. The first-order valence-electron chi connectivity index (χ1n) is 13.3. The molecule has 0 aliphatic heterocycles. The van der Waals surface area contributed by atoms with Gasteiger partial charge >= 0.3 is 0 Å². The largest absolute Gasteiger partial charge is 0.491 e. The van der Waals surface area contributed by atoms with Gasteiger partial charge in [-0.3, -0.25) is 4.90 Å². The number of hydrogen-bond acceptors (Lipinski definition) is 6. The van der Waals surface area contributed by atoms with Crippen molar-refractivity contribution in [1.82, 2.24) is 4.90 Å². The van der Waals surface area contributed by atoms with Gasteiger partial charge in [-0.25, -0.2) is 0 Å². The van der Waals surface area contributed by atoms with E-state index in [1.807, 2.05) is 103 Å². The van der Waals surface area contributed by atoms with Crippen LogP contribution in [0.4, 0.5) is 0 Å². The van der Waals surface area contributed by atoms with Gasteiger partial charge in [-0.2, -0.15) is 0 Å². The van der Waals surface area contributed by atoms with Crippen molar-refractivity contribution in [2.45, 2.75) is 25.2 Å². The lowest BCUT2D eigenvalue weighted by atomic mass is 10.1. The lowest BCUT2D eigenvalue weighted by Crippen LogP contribution is -2.42. The minimum Gasteiger partial charge on any atom is -0.491 e. The Morgan fingerprint density at radius 2 is 0.974 bits per heavy atom. The molecule has 0 radical (unpaired) electrons. The van der Waals surface area contributed by atoms with Crippen molar-refractivity contribution in [2.24, 2.45) is 0 Å². The van der Waals surface area contributed by atoms with E-state index in [0.717, 1.165) is 23.3 Å². The van der Waals surface area contributed by atoms with Gasteiger partial charge in [-0.1, -0.05) is 78.9 Å². The maximum atomic E-state index is 10.7. The molecule has 0 saturated heterocycles. The molecule has 0 aromatic heterocycles. The quantitative estimate of drug-likeness (QED) is 0.214. The average Bonchev–Trinajstić information content (AvgIpc) is 2.99. The van der Waals surface area contributed by atoms with Crippen LogP contribution in [0, 0.1) is 0 Å². The van der Waals surface area contributed by atoms with Crippen LogP contribution in [-0.2, 0) is 13.0 Å². The van der Waals surface area contributed by atoms with Gasteiger partial charge in [0.25, 0.3) is 0 Å². The molecule has 0 unspecified atom stereocenters. The molecule has 0 spiro atoms. The first-order valence-corrected chi connectivity index (χ1v) is 13.3.